The lowest BCUT2D eigenvalue weighted by atomic mass is 9.69. The molecule has 2 unspecified atom stereocenters. The molecule has 2 amide bonds. The highest BCUT2D eigenvalue weighted by Gasteiger charge is 2.58. The molecule has 7 nitrogen and oxygen atoms in total. The van der Waals surface area contributed by atoms with Crippen LogP contribution in [-0.2, 0) is 20.1 Å². The topological polar surface area (TPSA) is 85.1 Å². The number of piperidine rings is 1. The van der Waals surface area contributed by atoms with E-state index in [-0.39, 0.29) is 17.6 Å². The molecular weight excluding hydrogens is 497 g/mol. The predicted octanol–water partition coefficient (Wildman–Crippen LogP) is 5.19. The first-order valence-corrected chi connectivity index (χ1v) is 12.9. The summed E-state index contributed by atoms with van der Waals surface area (Å²) in [6.45, 7) is 7.35. The Morgan fingerprint density at radius 2 is 1.92 bits per heavy atom. The van der Waals surface area contributed by atoms with Gasteiger partial charge < -0.3 is 25.0 Å². The maximum atomic E-state index is 14.0. The molecule has 37 heavy (non-hydrogen) atoms. The van der Waals surface area contributed by atoms with Crippen molar-refractivity contribution >= 4 is 29.3 Å². The Balaban J connectivity index is 2.14. The lowest BCUT2D eigenvalue weighted by Gasteiger charge is -2.54. The normalized spacial score (nSPS) is 20.0. The number of nitrogens with two attached hydrogens (primary N) is 1. The molecule has 0 aromatic heterocycles. The zero-order valence-electron chi connectivity index (χ0n) is 22.2. The zero-order valence-corrected chi connectivity index (χ0v) is 23.0. The molecule has 1 aliphatic rings. The fourth-order valence-corrected chi connectivity index (χ4v) is 5.70. The van der Waals surface area contributed by atoms with Gasteiger partial charge in [-0.1, -0.05) is 39.0 Å². The van der Waals surface area contributed by atoms with E-state index in [1.807, 2.05) is 45.0 Å². The molecule has 0 aliphatic carbocycles. The summed E-state index contributed by atoms with van der Waals surface area (Å²) in [4.78, 5) is 29.8. The molecule has 9 heteroatoms. The largest absolute Gasteiger partial charge is 0.431 e. The third kappa shape index (κ3) is 6.18. The summed E-state index contributed by atoms with van der Waals surface area (Å²) in [6.07, 6.45) is -0.0669. The lowest BCUT2D eigenvalue weighted by Crippen LogP contribution is -2.70. The van der Waals surface area contributed by atoms with Crippen LogP contribution in [0.1, 0.15) is 39.2 Å². The number of methoxy groups -OCH3 is 1. The lowest BCUT2D eigenvalue weighted by molar-refractivity contribution is -0.159. The quantitative estimate of drug-likeness (QED) is 0.472. The molecule has 0 bridgehead atoms. The number of alkyl halides is 1. The SMILES string of the molecule is COCCN(C)C(=O)C1(OC(N)=O)CCCN(c2ccc(-c3cccc(F)c3)cc2CCl)C1C(C)(C)C. The molecule has 1 fully saturated rings. The summed E-state index contributed by atoms with van der Waals surface area (Å²) in [5.41, 5.74) is 6.79. The van der Waals surface area contributed by atoms with Gasteiger partial charge in [0.15, 0.2) is 0 Å². The van der Waals surface area contributed by atoms with Crippen LogP contribution in [0.4, 0.5) is 14.9 Å². The Morgan fingerprint density at radius 1 is 1.22 bits per heavy atom. The van der Waals surface area contributed by atoms with Gasteiger partial charge in [-0.3, -0.25) is 4.79 Å². The minimum atomic E-state index is -1.50. The van der Waals surface area contributed by atoms with Gasteiger partial charge in [0.25, 0.3) is 5.91 Å². The van der Waals surface area contributed by atoms with Crippen LogP contribution in [0.2, 0.25) is 0 Å². The first kappa shape index (κ1) is 28.7. The predicted molar refractivity (Wildman–Crippen MR) is 144 cm³/mol. The number of rotatable bonds is 8. The smallest absolute Gasteiger partial charge is 0.405 e. The molecule has 3 rings (SSSR count). The van der Waals surface area contributed by atoms with Crippen molar-refractivity contribution in [2.45, 2.75) is 51.1 Å². The number of anilines is 1. The van der Waals surface area contributed by atoms with Crippen LogP contribution in [-0.4, -0.2) is 62.4 Å². The molecule has 0 spiro atoms. The van der Waals surface area contributed by atoms with E-state index in [0.29, 0.717) is 32.5 Å². The van der Waals surface area contributed by atoms with Gasteiger partial charge in [-0.15, -0.1) is 11.6 Å². The van der Waals surface area contributed by atoms with E-state index in [1.165, 1.54) is 17.0 Å². The van der Waals surface area contributed by atoms with Crippen molar-refractivity contribution in [3.8, 4) is 11.1 Å². The summed E-state index contributed by atoms with van der Waals surface area (Å²) in [6, 6.07) is 11.6. The standard InChI is InChI=1S/C28H37ClFN3O4/c1-27(2,3)24-28(37-26(31)35,25(34)32(4)14-15-36-5)12-7-13-33(24)23-11-10-20(16-21(23)18-29)19-8-6-9-22(30)17-19/h6,8-11,16-17,24H,7,12-15,18H2,1-5H3,(H2,31,35). The molecule has 1 aliphatic heterocycles. The summed E-state index contributed by atoms with van der Waals surface area (Å²) in [5.74, 6) is -0.434. The first-order chi connectivity index (χ1) is 17.4. The number of likely N-dealkylation sites (N-methyl/N-ethyl adjacent to an activating group) is 1. The fraction of sp³-hybridized carbons (Fsp3) is 0.500. The van der Waals surface area contributed by atoms with Crippen LogP contribution in [0, 0.1) is 11.2 Å². The van der Waals surface area contributed by atoms with E-state index in [0.717, 1.165) is 22.4 Å². The maximum Gasteiger partial charge on any atom is 0.405 e. The molecular formula is C28H37ClFN3O4. The van der Waals surface area contributed by atoms with Crippen LogP contribution in [0.5, 0.6) is 0 Å². The molecule has 202 valence electrons. The van der Waals surface area contributed by atoms with Crippen LogP contribution in [0.15, 0.2) is 42.5 Å². The number of carbonyl (C=O) groups is 2. The maximum absolute atomic E-state index is 14.0. The number of halogens is 2. The second-order valence-corrected chi connectivity index (χ2v) is 10.9. The second-order valence-electron chi connectivity index (χ2n) is 10.6. The third-order valence-electron chi connectivity index (χ3n) is 6.83. The highest BCUT2D eigenvalue weighted by molar-refractivity contribution is 6.17. The van der Waals surface area contributed by atoms with E-state index in [2.05, 4.69) is 4.90 Å². The van der Waals surface area contributed by atoms with Crippen molar-refractivity contribution in [3.63, 3.8) is 0 Å². The van der Waals surface area contributed by atoms with Crippen molar-refractivity contribution < 1.29 is 23.5 Å². The highest BCUT2D eigenvalue weighted by Crippen LogP contribution is 2.45. The van der Waals surface area contributed by atoms with Crippen LogP contribution in [0.3, 0.4) is 0 Å². The van der Waals surface area contributed by atoms with E-state index < -0.39 is 23.2 Å². The molecule has 2 aromatic carbocycles. The molecule has 0 saturated carbocycles. The van der Waals surface area contributed by atoms with Crippen molar-refractivity contribution in [3.05, 3.63) is 53.8 Å². The number of amides is 2. The number of carbonyl (C=O) groups excluding carboxylic acids is 2. The Labute approximate surface area is 223 Å². The molecule has 0 radical (unpaired) electrons. The van der Waals surface area contributed by atoms with Crippen LogP contribution in [0.25, 0.3) is 11.1 Å². The van der Waals surface area contributed by atoms with E-state index >= 15 is 0 Å². The molecule has 2 aromatic rings. The van der Waals surface area contributed by atoms with Crippen LogP contribution >= 0.6 is 11.6 Å². The summed E-state index contributed by atoms with van der Waals surface area (Å²) >= 11 is 6.43. The number of nitrogens with zero attached hydrogens (tertiary/aromatic N) is 2. The minimum Gasteiger partial charge on any atom is -0.431 e. The zero-order chi connectivity index (χ0) is 27.4. The number of hydrogen-bond acceptors (Lipinski definition) is 5. The molecule has 2 atom stereocenters. The Kier molecular flexibility index (Phi) is 9.08. The average molecular weight is 534 g/mol. The summed E-state index contributed by atoms with van der Waals surface area (Å²) < 4.78 is 24.8. The number of benzene rings is 2. The van der Waals surface area contributed by atoms with Crippen molar-refractivity contribution in [1.82, 2.24) is 4.90 Å². The van der Waals surface area contributed by atoms with E-state index in [1.54, 1.807) is 20.2 Å². The Hall–Kier alpha value is -2.84. The van der Waals surface area contributed by atoms with E-state index in [4.69, 9.17) is 26.8 Å². The van der Waals surface area contributed by atoms with Gasteiger partial charge in [-0.05, 0) is 52.8 Å². The molecule has 2 N–H and O–H groups in total. The van der Waals surface area contributed by atoms with Crippen molar-refractivity contribution in [2.24, 2.45) is 11.1 Å². The first-order valence-electron chi connectivity index (χ1n) is 12.4. The number of primary amides is 1. The van der Waals surface area contributed by atoms with Crippen LogP contribution < -0.4 is 10.6 Å². The number of hydrogen-bond donors (Lipinski definition) is 1. The number of ether oxygens (including phenoxy) is 2. The Morgan fingerprint density at radius 3 is 2.51 bits per heavy atom. The van der Waals surface area contributed by atoms with Gasteiger partial charge in [-0.25, -0.2) is 9.18 Å². The molecule has 1 heterocycles. The second kappa shape index (κ2) is 11.7. The van der Waals surface area contributed by atoms with Gasteiger partial charge in [0.2, 0.25) is 5.60 Å². The minimum absolute atomic E-state index is 0.206. The van der Waals surface area contributed by atoms with Gasteiger partial charge in [0, 0.05) is 45.2 Å². The van der Waals surface area contributed by atoms with Crippen molar-refractivity contribution in [2.75, 3.05) is 38.8 Å². The van der Waals surface area contributed by atoms with E-state index in [9.17, 15) is 14.0 Å². The van der Waals surface area contributed by atoms with Gasteiger partial charge in [-0.2, -0.15) is 0 Å². The fourth-order valence-electron chi connectivity index (χ4n) is 5.48. The van der Waals surface area contributed by atoms with Crippen molar-refractivity contribution in [1.29, 1.82) is 0 Å². The molecule has 1 saturated heterocycles. The van der Waals surface area contributed by atoms with Gasteiger partial charge in [0.05, 0.1) is 12.6 Å². The average Bonchev–Trinajstić information content (AvgIpc) is 2.85. The van der Waals surface area contributed by atoms with Gasteiger partial charge >= 0.3 is 6.09 Å². The van der Waals surface area contributed by atoms with Gasteiger partial charge in [0.1, 0.15) is 5.82 Å². The Bertz CT molecular complexity index is 1120. The summed E-state index contributed by atoms with van der Waals surface area (Å²) in [5, 5.41) is 0. The highest BCUT2D eigenvalue weighted by atomic mass is 35.5. The monoisotopic (exact) mass is 533 g/mol. The third-order valence-corrected chi connectivity index (χ3v) is 7.12. The summed E-state index contributed by atoms with van der Waals surface area (Å²) in [7, 11) is 3.24.